The summed E-state index contributed by atoms with van der Waals surface area (Å²) in [7, 11) is 0. The van der Waals surface area contributed by atoms with Crippen LogP contribution in [0.3, 0.4) is 0 Å². The van der Waals surface area contributed by atoms with Crippen molar-refractivity contribution < 1.29 is 74.1 Å². The molecule has 4 fully saturated rings. The highest BCUT2D eigenvalue weighted by Gasteiger charge is 2.54. The lowest BCUT2D eigenvalue weighted by Gasteiger charge is -2.44. The Morgan fingerprint density at radius 3 is 1.71 bits per heavy atom. The number of hydrogen-bond acceptors (Lipinski definition) is 19. The maximum Gasteiger partial charge on any atom is 0.187 e. The molecule has 19 heteroatoms. The Morgan fingerprint density at radius 1 is 0.643 bits per heavy atom. The molecule has 16 N–H and O–H groups in total. The van der Waals surface area contributed by atoms with Gasteiger partial charge in [-0.15, -0.1) is 0 Å². The molecule has 42 heavy (non-hydrogen) atoms. The van der Waals surface area contributed by atoms with Crippen molar-refractivity contribution in [2.45, 2.75) is 117 Å². The Bertz CT molecular complexity index is 906. The van der Waals surface area contributed by atoms with Gasteiger partial charge in [-0.3, -0.25) is 4.79 Å². The molecule has 0 aromatic carbocycles. The Labute approximate surface area is 239 Å². The number of carbonyl (C=O) groups is 1. The predicted octanol–water partition coefficient (Wildman–Crippen LogP) is -8.62. The van der Waals surface area contributed by atoms with Crippen molar-refractivity contribution in [3.05, 3.63) is 0 Å². The van der Waals surface area contributed by atoms with Crippen LogP contribution in [0.1, 0.15) is 6.42 Å². The summed E-state index contributed by atoms with van der Waals surface area (Å²) in [6.45, 7) is -1.60. The molecule has 0 amide bonds. The lowest BCUT2D eigenvalue weighted by molar-refractivity contribution is -0.301. The summed E-state index contributed by atoms with van der Waals surface area (Å²) in [5, 5.41) is 82.0. The molecule has 4 rings (SSSR count). The summed E-state index contributed by atoms with van der Waals surface area (Å²) < 4.78 is 33.8. The first kappa shape index (κ1) is 33.8. The van der Waals surface area contributed by atoms with Gasteiger partial charge in [0.1, 0.15) is 67.1 Å². The van der Waals surface area contributed by atoms with Crippen LogP contribution in [0.4, 0.5) is 0 Å². The Morgan fingerprint density at radius 2 is 1.14 bits per heavy atom. The van der Waals surface area contributed by atoms with Gasteiger partial charge >= 0.3 is 0 Å². The average Bonchev–Trinajstić information content (AvgIpc) is 3.27. The van der Waals surface area contributed by atoms with Crippen LogP contribution in [-0.4, -0.2) is 177 Å². The summed E-state index contributed by atoms with van der Waals surface area (Å²) in [5.41, 5.74) is 23.4. The van der Waals surface area contributed by atoms with Crippen molar-refractivity contribution in [3.63, 3.8) is 0 Å². The minimum Gasteiger partial charge on any atom is -0.394 e. The second-order valence-electron chi connectivity index (χ2n) is 10.9. The van der Waals surface area contributed by atoms with Gasteiger partial charge in [-0.05, 0) is 0 Å². The van der Waals surface area contributed by atoms with Gasteiger partial charge in [0, 0.05) is 19.0 Å². The molecule has 18 atom stereocenters. The van der Waals surface area contributed by atoms with Crippen LogP contribution in [0.25, 0.3) is 0 Å². The zero-order valence-electron chi connectivity index (χ0n) is 22.5. The first-order chi connectivity index (χ1) is 19.8. The quantitative estimate of drug-likeness (QED) is 0.115. The molecule has 3 heterocycles. The first-order valence-electron chi connectivity index (χ1n) is 13.6. The number of aliphatic hydroxyl groups is 8. The first-order valence-corrected chi connectivity index (χ1v) is 13.6. The van der Waals surface area contributed by atoms with Crippen LogP contribution < -0.4 is 22.9 Å². The molecule has 244 valence electrons. The molecular weight excluding hydrogens is 572 g/mol. The van der Waals surface area contributed by atoms with E-state index in [0.717, 1.165) is 0 Å². The molecular formula is C23H42N4O15. The summed E-state index contributed by atoms with van der Waals surface area (Å²) in [4.78, 5) is 13.0. The third-order valence-electron chi connectivity index (χ3n) is 8.07. The van der Waals surface area contributed by atoms with Crippen LogP contribution in [0.2, 0.25) is 0 Å². The van der Waals surface area contributed by atoms with Gasteiger partial charge in [0.15, 0.2) is 24.7 Å². The van der Waals surface area contributed by atoms with Gasteiger partial charge in [0.25, 0.3) is 0 Å². The minimum absolute atomic E-state index is 0.192. The number of Topliss-reactive ketones (excluding diaryl/α,β-unsaturated/α-hetero) is 1. The van der Waals surface area contributed by atoms with Gasteiger partial charge in [0.05, 0.1) is 31.4 Å². The van der Waals surface area contributed by atoms with E-state index in [9.17, 15) is 45.6 Å². The smallest absolute Gasteiger partial charge is 0.187 e. The molecule has 0 aromatic rings. The lowest BCUT2D eigenvalue weighted by atomic mass is 9.86. The van der Waals surface area contributed by atoms with E-state index >= 15 is 0 Å². The van der Waals surface area contributed by atoms with Crippen molar-refractivity contribution in [1.82, 2.24) is 0 Å². The zero-order valence-corrected chi connectivity index (χ0v) is 22.5. The third kappa shape index (κ3) is 6.49. The van der Waals surface area contributed by atoms with Gasteiger partial charge in [-0.25, -0.2) is 0 Å². The Kier molecular flexibility index (Phi) is 11.2. The second kappa shape index (κ2) is 13.9. The lowest BCUT2D eigenvalue weighted by Crippen LogP contribution is -2.66. The molecule has 1 saturated carbocycles. The number of ether oxygens (including phenoxy) is 6. The van der Waals surface area contributed by atoms with Gasteiger partial charge in [0.2, 0.25) is 0 Å². The summed E-state index contributed by atoms with van der Waals surface area (Å²) in [6, 6.07) is -3.77. The molecule has 0 unspecified atom stereocenters. The van der Waals surface area contributed by atoms with E-state index < -0.39 is 129 Å². The van der Waals surface area contributed by atoms with Crippen molar-refractivity contribution in [3.8, 4) is 0 Å². The molecule has 1 aliphatic carbocycles. The molecule has 3 saturated heterocycles. The van der Waals surface area contributed by atoms with E-state index in [-0.39, 0.29) is 13.0 Å². The van der Waals surface area contributed by atoms with Crippen LogP contribution >= 0.6 is 0 Å². The monoisotopic (exact) mass is 614 g/mol. The average molecular weight is 615 g/mol. The van der Waals surface area contributed by atoms with E-state index in [1.165, 1.54) is 0 Å². The van der Waals surface area contributed by atoms with Crippen molar-refractivity contribution >= 4 is 5.78 Å². The van der Waals surface area contributed by atoms with Crippen LogP contribution in [-0.2, 0) is 33.2 Å². The molecule has 0 aromatic heterocycles. The molecule has 0 spiro atoms. The van der Waals surface area contributed by atoms with Crippen molar-refractivity contribution in [1.29, 1.82) is 0 Å². The van der Waals surface area contributed by atoms with Crippen molar-refractivity contribution in [2.24, 2.45) is 22.9 Å². The number of aliphatic hydroxyl groups excluding tert-OH is 8. The van der Waals surface area contributed by atoms with Crippen LogP contribution in [0.15, 0.2) is 0 Å². The fraction of sp³-hybridized carbons (Fsp3) is 0.957. The van der Waals surface area contributed by atoms with E-state index in [0.29, 0.717) is 0 Å². The van der Waals surface area contributed by atoms with E-state index in [2.05, 4.69) is 0 Å². The standard InChI is InChI=1S/C23H42N4O15/c24-2-7-13(32)15(34)10(26)21(37-7)41-19-9(4-29)39-23(17(19)36)42-20-12(31)5(25)1-6(30)18(20)40-22-11(27)16(35)14(33)8(3-28)38-22/h5,7-23,28-29,31-36H,1-4,24-27H2/t5-,7+,8-,9-,10-,11-,12+,13-,14-,15-,16-,17-,18-,19-,20-,21-,22-,23+/m1/s1. The molecule has 0 bridgehead atoms. The van der Waals surface area contributed by atoms with E-state index in [1.807, 2.05) is 0 Å². The molecule has 4 aliphatic rings. The number of ketones is 1. The SMILES string of the molecule is NC[C@@H]1O[C@H](O[C@H]2[C@@H](O)[C@H](O[C@@H]3[C@@H](O)[C@H](N)CC(=O)[C@H]3O[C@H]3O[C@H](CO)[C@@H](O)[C@H](O)[C@H]3N)O[C@@H]2CO)[C@H](N)[C@@H](O)[C@@H]1O. The molecule has 19 nitrogen and oxygen atoms in total. The molecule has 0 radical (unpaired) electrons. The number of carbonyl (C=O) groups excluding carboxylic acids is 1. The van der Waals surface area contributed by atoms with Crippen LogP contribution in [0, 0.1) is 0 Å². The third-order valence-corrected chi connectivity index (χ3v) is 8.07. The summed E-state index contributed by atoms with van der Waals surface area (Å²) in [6.07, 6.45) is -22.4. The summed E-state index contributed by atoms with van der Waals surface area (Å²) in [5.74, 6) is -0.657. The second-order valence-corrected chi connectivity index (χ2v) is 10.9. The maximum absolute atomic E-state index is 13.0. The molecule has 3 aliphatic heterocycles. The number of rotatable bonds is 9. The normalized spacial score (nSPS) is 52.0. The Hall–Kier alpha value is -1.05. The van der Waals surface area contributed by atoms with Crippen LogP contribution in [0.5, 0.6) is 0 Å². The van der Waals surface area contributed by atoms with E-state index in [4.69, 9.17) is 51.4 Å². The summed E-state index contributed by atoms with van der Waals surface area (Å²) >= 11 is 0. The largest absolute Gasteiger partial charge is 0.394 e. The maximum atomic E-state index is 13.0. The fourth-order valence-electron chi connectivity index (χ4n) is 5.46. The van der Waals surface area contributed by atoms with Gasteiger partial charge < -0.3 is 92.2 Å². The fourth-order valence-corrected chi connectivity index (χ4v) is 5.46. The minimum atomic E-state index is -1.69. The van der Waals surface area contributed by atoms with Crippen molar-refractivity contribution in [2.75, 3.05) is 19.8 Å². The highest BCUT2D eigenvalue weighted by Crippen LogP contribution is 2.33. The van der Waals surface area contributed by atoms with Gasteiger partial charge in [-0.1, -0.05) is 0 Å². The topological polar surface area (TPSA) is 338 Å². The number of hydrogen-bond donors (Lipinski definition) is 12. The highest BCUT2D eigenvalue weighted by molar-refractivity contribution is 5.85. The number of nitrogens with two attached hydrogens (primary N) is 4. The highest BCUT2D eigenvalue weighted by atomic mass is 16.8. The van der Waals surface area contributed by atoms with E-state index in [1.54, 1.807) is 0 Å². The zero-order chi connectivity index (χ0) is 31.0. The Balaban J connectivity index is 1.50. The van der Waals surface area contributed by atoms with Gasteiger partial charge in [-0.2, -0.15) is 0 Å². The predicted molar refractivity (Wildman–Crippen MR) is 133 cm³/mol.